The third-order valence-electron chi connectivity index (χ3n) is 3.51. The van der Waals surface area contributed by atoms with Crippen LogP contribution in [0.2, 0.25) is 0 Å². The molecule has 0 amide bonds. The highest BCUT2D eigenvalue weighted by Crippen LogP contribution is 2.34. The maximum absolute atomic E-state index is 9.87. The van der Waals surface area contributed by atoms with Gasteiger partial charge in [0.15, 0.2) is 0 Å². The average molecular weight is 341 g/mol. The number of aryl methyl sites for hydroxylation is 1. The minimum absolute atomic E-state index is 0.0707. The normalized spacial score (nSPS) is 11.8. The molecule has 0 fully saturated rings. The summed E-state index contributed by atoms with van der Waals surface area (Å²) in [4.78, 5) is 1.14. The fraction of sp³-hybridized carbons (Fsp3) is 0.333. The van der Waals surface area contributed by atoms with Crippen LogP contribution in [0.15, 0.2) is 40.2 Å². The number of aliphatic hydroxyl groups excluding tert-OH is 2. The fourth-order valence-corrected chi connectivity index (χ4v) is 3.99. The molecule has 0 atom stereocenters. The summed E-state index contributed by atoms with van der Waals surface area (Å²) < 4.78 is 1.04. The predicted octanol–water partition coefficient (Wildman–Crippen LogP) is 3.28. The molecule has 102 valence electrons. The number of hydrogen-bond donors (Lipinski definition) is 2. The minimum Gasteiger partial charge on any atom is -0.395 e. The Bertz CT molecular complexity index is 547. The van der Waals surface area contributed by atoms with Crippen LogP contribution in [0, 0.1) is 6.92 Å². The first kappa shape index (κ1) is 14.7. The van der Waals surface area contributed by atoms with Crippen molar-refractivity contribution < 1.29 is 10.2 Å². The van der Waals surface area contributed by atoms with E-state index in [9.17, 15) is 10.2 Å². The molecule has 0 aliphatic rings. The molecule has 0 saturated heterocycles. The molecule has 1 aromatic heterocycles. The second kappa shape index (κ2) is 6.18. The van der Waals surface area contributed by atoms with Crippen LogP contribution >= 0.6 is 27.3 Å². The van der Waals surface area contributed by atoms with Crippen LogP contribution < -0.4 is 0 Å². The zero-order valence-electron chi connectivity index (χ0n) is 10.8. The Morgan fingerprint density at radius 1 is 1.16 bits per heavy atom. The van der Waals surface area contributed by atoms with Crippen molar-refractivity contribution in [3.05, 3.63) is 56.2 Å². The zero-order chi connectivity index (χ0) is 13.9. The molecule has 0 spiro atoms. The molecule has 1 heterocycles. The number of halogens is 1. The summed E-state index contributed by atoms with van der Waals surface area (Å²) in [5, 5.41) is 21.8. The van der Waals surface area contributed by atoms with E-state index in [1.54, 1.807) is 11.3 Å². The summed E-state index contributed by atoms with van der Waals surface area (Å²) >= 11 is 5.15. The van der Waals surface area contributed by atoms with Crippen LogP contribution in [0.5, 0.6) is 0 Å². The molecular weight excluding hydrogens is 324 g/mol. The smallest absolute Gasteiger partial charge is 0.0553 e. The lowest BCUT2D eigenvalue weighted by Gasteiger charge is -2.31. The molecule has 19 heavy (non-hydrogen) atoms. The van der Waals surface area contributed by atoms with E-state index in [1.165, 1.54) is 0 Å². The lowest BCUT2D eigenvalue weighted by molar-refractivity contribution is 0.116. The number of thiophene rings is 1. The largest absolute Gasteiger partial charge is 0.395 e. The van der Waals surface area contributed by atoms with Crippen molar-refractivity contribution in [2.24, 2.45) is 0 Å². The van der Waals surface area contributed by atoms with Crippen molar-refractivity contribution in [3.8, 4) is 0 Å². The third kappa shape index (κ3) is 2.92. The highest BCUT2D eigenvalue weighted by atomic mass is 79.9. The summed E-state index contributed by atoms with van der Waals surface area (Å²) in [6, 6.07) is 9.92. The second-order valence-corrected chi connectivity index (χ2v) is 6.63. The van der Waals surface area contributed by atoms with Crippen molar-refractivity contribution in [3.63, 3.8) is 0 Å². The Balaban J connectivity index is 2.44. The van der Waals surface area contributed by atoms with Gasteiger partial charge in [-0.1, -0.05) is 24.3 Å². The van der Waals surface area contributed by atoms with Crippen molar-refractivity contribution >= 4 is 27.3 Å². The third-order valence-corrected chi connectivity index (χ3v) is 5.44. The quantitative estimate of drug-likeness (QED) is 0.876. The van der Waals surface area contributed by atoms with E-state index < -0.39 is 5.41 Å². The minimum atomic E-state index is -0.626. The summed E-state index contributed by atoms with van der Waals surface area (Å²) in [5.41, 5.74) is 1.48. The Labute approximate surface area is 125 Å². The second-order valence-electron chi connectivity index (χ2n) is 4.78. The van der Waals surface area contributed by atoms with E-state index in [4.69, 9.17) is 0 Å². The summed E-state index contributed by atoms with van der Waals surface area (Å²) in [5.74, 6) is 0. The van der Waals surface area contributed by atoms with Gasteiger partial charge in [-0.25, -0.2) is 0 Å². The molecule has 0 saturated carbocycles. The molecule has 2 rings (SSSR count). The first-order chi connectivity index (χ1) is 9.13. The first-order valence-electron chi connectivity index (χ1n) is 6.12. The molecule has 0 aliphatic carbocycles. The van der Waals surface area contributed by atoms with Crippen LogP contribution in [0.25, 0.3) is 0 Å². The van der Waals surface area contributed by atoms with Gasteiger partial charge in [0.05, 0.1) is 13.2 Å². The van der Waals surface area contributed by atoms with E-state index in [-0.39, 0.29) is 13.2 Å². The van der Waals surface area contributed by atoms with Gasteiger partial charge in [-0.2, -0.15) is 0 Å². The zero-order valence-corrected chi connectivity index (χ0v) is 13.2. The number of benzene rings is 1. The van der Waals surface area contributed by atoms with Gasteiger partial charge in [0.25, 0.3) is 0 Å². The van der Waals surface area contributed by atoms with Crippen molar-refractivity contribution in [1.82, 2.24) is 0 Å². The number of rotatable bonds is 5. The van der Waals surface area contributed by atoms with E-state index in [0.717, 1.165) is 20.5 Å². The van der Waals surface area contributed by atoms with Gasteiger partial charge in [-0.3, -0.25) is 0 Å². The standard InChI is InChI=1S/C15H17BrO2S/c1-11-4-2-3-5-12(11)15(9-17,10-18)8-14-13(16)6-7-19-14/h2-7,17-18H,8-10H2,1H3. The predicted molar refractivity (Wildman–Crippen MR) is 82.8 cm³/mol. The molecule has 2 aromatic rings. The van der Waals surface area contributed by atoms with E-state index in [2.05, 4.69) is 15.9 Å². The van der Waals surface area contributed by atoms with Crippen molar-refractivity contribution in [1.29, 1.82) is 0 Å². The number of hydrogen-bond acceptors (Lipinski definition) is 3. The Hall–Kier alpha value is -0.680. The average Bonchev–Trinajstić information content (AvgIpc) is 2.82. The fourth-order valence-electron chi connectivity index (χ4n) is 2.35. The molecule has 4 heteroatoms. The van der Waals surface area contributed by atoms with Crippen LogP contribution in [0.3, 0.4) is 0 Å². The van der Waals surface area contributed by atoms with Crippen LogP contribution in [0.4, 0.5) is 0 Å². The van der Waals surface area contributed by atoms with Gasteiger partial charge in [-0.15, -0.1) is 11.3 Å². The van der Waals surface area contributed by atoms with E-state index >= 15 is 0 Å². The molecule has 2 nitrogen and oxygen atoms in total. The highest BCUT2D eigenvalue weighted by molar-refractivity contribution is 9.10. The van der Waals surface area contributed by atoms with Crippen molar-refractivity contribution in [2.45, 2.75) is 18.8 Å². The van der Waals surface area contributed by atoms with Gasteiger partial charge < -0.3 is 10.2 Å². The summed E-state index contributed by atoms with van der Waals surface area (Å²) in [6.07, 6.45) is 0.628. The van der Waals surface area contributed by atoms with Crippen LogP contribution in [0.1, 0.15) is 16.0 Å². The molecule has 0 bridgehead atoms. The summed E-state index contributed by atoms with van der Waals surface area (Å²) in [6.45, 7) is 1.87. The maximum Gasteiger partial charge on any atom is 0.0553 e. The molecule has 1 aromatic carbocycles. The highest BCUT2D eigenvalue weighted by Gasteiger charge is 2.33. The Morgan fingerprint density at radius 2 is 1.84 bits per heavy atom. The molecule has 2 N–H and O–H groups in total. The van der Waals surface area contributed by atoms with Gasteiger partial charge in [-0.05, 0) is 51.8 Å². The Kier molecular flexibility index (Phi) is 4.79. The Morgan fingerprint density at radius 3 is 2.37 bits per heavy atom. The van der Waals surface area contributed by atoms with Crippen LogP contribution in [-0.4, -0.2) is 23.4 Å². The molecular formula is C15H17BrO2S. The van der Waals surface area contributed by atoms with Gasteiger partial charge in [0, 0.05) is 14.8 Å². The first-order valence-corrected chi connectivity index (χ1v) is 7.80. The van der Waals surface area contributed by atoms with E-state index in [0.29, 0.717) is 6.42 Å². The number of aliphatic hydroxyl groups is 2. The lowest BCUT2D eigenvalue weighted by atomic mass is 9.76. The van der Waals surface area contributed by atoms with Gasteiger partial charge in [0.2, 0.25) is 0 Å². The van der Waals surface area contributed by atoms with Gasteiger partial charge >= 0.3 is 0 Å². The molecule has 0 aliphatic heterocycles. The SMILES string of the molecule is Cc1ccccc1C(CO)(CO)Cc1sccc1Br. The van der Waals surface area contributed by atoms with Crippen molar-refractivity contribution in [2.75, 3.05) is 13.2 Å². The summed E-state index contributed by atoms with van der Waals surface area (Å²) in [7, 11) is 0. The monoisotopic (exact) mass is 340 g/mol. The molecule has 0 unspecified atom stereocenters. The topological polar surface area (TPSA) is 40.5 Å². The van der Waals surface area contributed by atoms with E-state index in [1.807, 2.05) is 42.6 Å². The van der Waals surface area contributed by atoms with Crippen LogP contribution in [-0.2, 0) is 11.8 Å². The molecule has 0 radical (unpaired) electrons. The lowest BCUT2D eigenvalue weighted by Crippen LogP contribution is -2.37. The van der Waals surface area contributed by atoms with Gasteiger partial charge in [0.1, 0.15) is 0 Å². The maximum atomic E-state index is 9.87.